The van der Waals surface area contributed by atoms with Crippen molar-refractivity contribution in [3.05, 3.63) is 22.7 Å². The van der Waals surface area contributed by atoms with Gasteiger partial charge in [0.15, 0.2) is 0 Å². The van der Waals surface area contributed by atoms with Crippen LogP contribution in [0.1, 0.15) is 30.9 Å². The summed E-state index contributed by atoms with van der Waals surface area (Å²) in [6, 6.07) is 2.16. The van der Waals surface area contributed by atoms with Gasteiger partial charge in [-0.3, -0.25) is 4.90 Å². The Labute approximate surface area is 177 Å². The summed E-state index contributed by atoms with van der Waals surface area (Å²) in [5.74, 6) is -0.352. The molecule has 0 amide bonds. The molecule has 1 unspecified atom stereocenters. The molecule has 2 aliphatic rings. The molecule has 1 aromatic rings. The van der Waals surface area contributed by atoms with Crippen molar-refractivity contribution < 1.29 is 23.4 Å². The number of benzene rings is 1. The van der Waals surface area contributed by atoms with Gasteiger partial charge in [0.25, 0.3) is 0 Å². The Morgan fingerprint density at radius 2 is 1.90 bits per heavy atom. The highest BCUT2D eigenvalue weighted by molar-refractivity contribution is 7.89. The van der Waals surface area contributed by atoms with Crippen LogP contribution in [0.25, 0.3) is 0 Å². The van der Waals surface area contributed by atoms with Crippen LogP contribution in [0.4, 0.5) is 0 Å². The number of nitrogens with one attached hydrogen (secondary N) is 1. The summed E-state index contributed by atoms with van der Waals surface area (Å²) in [4.78, 5) is 2.35. The minimum absolute atomic E-state index is 0.00757. The fraction of sp³-hybridized carbons (Fsp3) is 0.684. The molecule has 3 N–H and O–H groups in total. The summed E-state index contributed by atoms with van der Waals surface area (Å²) < 4.78 is 32.5. The summed E-state index contributed by atoms with van der Waals surface area (Å²) in [7, 11) is -3.48. The van der Waals surface area contributed by atoms with Crippen molar-refractivity contribution in [2.45, 2.75) is 25.3 Å². The lowest BCUT2D eigenvalue weighted by Gasteiger charge is -2.26. The zero-order valence-corrected chi connectivity index (χ0v) is 18.1. The van der Waals surface area contributed by atoms with Gasteiger partial charge in [-0.2, -0.15) is 4.31 Å². The molecule has 10 heteroatoms. The molecule has 3 rings (SSSR count). The van der Waals surface area contributed by atoms with E-state index in [1.165, 1.54) is 10.4 Å². The third kappa shape index (κ3) is 5.96. The fourth-order valence-corrected chi connectivity index (χ4v) is 5.74. The maximum absolute atomic E-state index is 12.9. The normalized spacial score (nSPS) is 21.6. The largest absolute Gasteiger partial charge is 0.507 e. The van der Waals surface area contributed by atoms with Crippen LogP contribution in [0, 0.1) is 0 Å². The third-order valence-corrected chi connectivity index (χ3v) is 7.66. The Hall–Kier alpha value is -1.10. The number of phenols is 2. The zero-order valence-electron chi connectivity index (χ0n) is 16.5. The van der Waals surface area contributed by atoms with Gasteiger partial charge < -0.3 is 20.3 Å². The smallest absolute Gasteiger partial charge is 0.215 e. The molecule has 1 atom stereocenters. The molecule has 2 saturated heterocycles. The van der Waals surface area contributed by atoms with Gasteiger partial charge in [-0.25, -0.2) is 8.42 Å². The Morgan fingerprint density at radius 1 is 1.14 bits per heavy atom. The van der Waals surface area contributed by atoms with Crippen molar-refractivity contribution in [2.75, 3.05) is 58.2 Å². The second-order valence-electron chi connectivity index (χ2n) is 7.50. The summed E-state index contributed by atoms with van der Waals surface area (Å²) in [5.41, 5.74) is 0.437. The maximum atomic E-state index is 12.9. The molecule has 2 heterocycles. The van der Waals surface area contributed by atoms with Crippen LogP contribution < -0.4 is 5.32 Å². The van der Waals surface area contributed by atoms with E-state index in [1.54, 1.807) is 0 Å². The van der Waals surface area contributed by atoms with E-state index < -0.39 is 16.1 Å². The van der Waals surface area contributed by atoms with Crippen LogP contribution >= 0.6 is 11.6 Å². The van der Waals surface area contributed by atoms with Crippen LogP contribution in [0.5, 0.6) is 11.5 Å². The number of hydrogen-bond acceptors (Lipinski definition) is 7. The number of rotatable bonds is 9. The number of halogens is 1. The van der Waals surface area contributed by atoms with Gasteiger partial charge in [0.1, 0.15) is 11.5 Å². The Morgan fingerprint density at radius 3 is 2.66 bits per heavy atom. The van der Waals surface area contributed by atoms with Crippen molar-refractivity contribution >= 4 is 21.6 Å². The van der Waals surface area contributed by atoms with E-state index in [1.807, 2.05) is 0 Å². The monoisotopic (exact) mass is 447 g/mol. The second kappa shape index (κ2) is 10.3. The van der Waals surface area contributed by atoms with Crippen molar-refractivity contribution in [1.82, 2.24) is 14.5 Å². The summed E-state index contributed by atoms with van der Waals surface area (Å²) in [6.45, 7) is 6.04. The zero-order chi connectivity index (χ0) is 20.9. The van der Waals surface area contributed by atoms with Gasteiger partial charge in [0.05, 0.1) is 30.0 Å². The molecule has 0 aliphatic carbocycles. The number of nitrogens with zero attached hydrogens (tertiary/aromatic N) is 2. The standard InChI is InChI=1S/C19H30ClN3O5S/c20-16-13-15(18(24)14-19(16)25)17-3-1-7-23(17)29(26,27)12-5-21-4-2-6-22-8-10-28-11-9-22/h13-14,17,21,24-25H,1-12H2. The predicted molar refractivity (Wildman–Crippen MR) is 112 cm³/mol. The van der Waals surface area contributed by atoms with E-state index in [2.05, 4.69) is 10.2 Å². The summed E-state index contributed by atoms with van der Waals surface area (Å²) >= 11 is 5.96. The number of aromatic hydroxyl groups is 2. The molecule has 2 fully saturated rings. The van der Waals surface area contributed by atoms with E-state index in [0.29, 0.717) is 25.1 Å². The van der Waals surface area contributed by atoms with E-state index in [-0.39, 0.29) is 22.3 Å². The Bertz CT molecular complexity index is 786. The first-order chi connectivity index (χ1) is 13.9. The predicted octanol–water partition coefficient (Wildman–Crippen LogP) is 1.53. The van der Waals surface area contributed by atoms with Crippen molar-refractivity contribution in [2.24, 2.45) is 0 Å². The molecular weight excluding hydrogens is 418 g/mol. The first-order valence-electron chi connectivity index (χ1n) is 10.1. The maximum Gasteiger partial charge on any atom is 0.215 e. The molecule has 1 aromatic carbocycles. The fourth-order valence-electron chi connectivity index (χ4n) is 3.91. The first kappa shape index (κ1) is 22.6. The quantitative estimate of drug-likeness (QED) is 0.493. The van der Waals surface area contributed by atoms with Gasteiger partial charge in [0.2, 0.25) is 10.0 Å². The van der Waals surface area contributed by atoms with Gasteiger partial charge in [-0.1, -0.05) is 11.6 Å². The second-order valence-corrected chi connectivity index (χ2v) is 9.95. The number of sulfonamides is 1. The highest BCUT2D eigenvalue weighted by Gasteiger charge is 2.36. The van der Waals surface area contributed by atoms with Gasteiger partial charge in [-0.15, -0.1) is 0 Å². The number of phenolic OH excluding ortho intramolecular Hbond substituents is 2. The van der Waals surface area contributed by atoms with Crippen molar-refractivity contribution in [3.8, 4) is 11.5 Å². The van der Waals surface area contributed by atoms with Crippen molar-refractivity contribution in [3.63, 3.8) is 0 Å². The van der Waals surface area contributed by atoms with E-state index in [4.69, 9.17) is 16.3 Å². The van der Waals surface area contributed by atoms with Crippen LogP contribution in [0.2, 0.25) is 5.02 Å². The molecule has 164 valence electrons. The molecule has 0 bridgehead atoms. The SMILES string of the molecule is O=S(=O)(CCNCCCN1CCOCC1)N1CCCC1c1cc(Cl)c(O)cc1O. The van der Waals surface area contributed by atoms with Crippen molar-refractivity contribution in [1.29, 1.82) is 0 Å². The van der Waals surface area contributed by atoms with Crippen LogP contribution in [0.15, 0.2) is 12.1 Å². The number of ether oxygens (including phenoxy) is 1. The van der Waals surface area contributed by atoms with E-state index in [0.717, 1.165) is 58.3 Å². The van der Waals surface area contributed by atoms with Gasteiger partial charge >= 0.3 is 0 Å². The highest BCUT2D eigenvalue weighted by Crippen LogP contribution is 2.42. The minimum Gasteiger partial charge on any atom is -0.507 e. The third-order valence-electron chi connectivity index (χ3n) is 5.48. The number of hydrogen-bond donors (Lipinski definition) is 3. The molecule has 0 aromatic heterocycles. The highest BCUT2D eigenvalue weighted by atomic mass is 35.5. The Balaban J connectivity index is 1.48. The summed E-state index contributed by atoms with van der Waals surface area (Å²) in [5, 5.41) is 23.1. The van der Waals surface area contributed by atoms with E-state index >= 15 is 0 Å². The van der Waals surface area contributed by atoms with E-state index in [9.17, 15) is 18.6 Å². The topological polar surface area (TPSA) is 102 Å². The average Bonchev–Trinajstić information content (AvgIpc) is 3.19. The van der Waals surface area contributed by atoms with Gasteiger partial charge in [-0.05, 0) is 38.4 Å². The van der Waals surface area contributed by atoms with Crippen LogP contribution in [0.3, 0.4) is 0 Å². The Kier molecular flexibility index (Phi) is 8.00. The lowest BCUT2D eigenvalue weighted by Crippen LogP contribution is -2.38. The van der Waals surface area contributed by atoms with Crippen LogP contribution in [-0.4, -0.2) is 86.1 Å². The summed E-state index contributed by atoms with van der Waals surface area (Å²) in [6.07, 6.45) is 2.29. The average molecular weight is 448 g/mol. The lowest BCUT2D eigenvalue weighted by molar-refractivity contribution is 0.0375. The molecular formula is C19H30ClN3O5S. The first-order valence-corrected chi connectivity index (χ1v) is 12.1. The van der Waals surface area contributed by atoms with Gasteiger partial charge in [0, 0.05) is 37.8 Å². The molecule has 0 radical (unpaired) electrons. The molecule has 29 heavy (non-hydrogen) atoms. The van der Waals surface area contributed by atoms with Crippen LogP contribution in [-0.2, 0) is 14.8 Å². The molecule has 0 saturated carbocycles. The lowest BCUT2D eigenvalue weighted by atomic mass is 10.0. The number of morpholine rings is 1. The molecule has 0 spiro atoms. The molecule has 2 aliphatic heterocycles. The minimum atomic E-state index is -3.48. The molecule has 8 nitrogen and oxygen atoms in total.